The topological polar surface area (TPSA) is 54.4 Å². The van der Waals surface area contributed by atoms with E-state index in [9.17, 15) is 13.5 Å². The third kappa shape index (κ3) is 3.20. The number of rotatable bonds is 4. The summed E-state index contributed by atoms with van der Waals surface area (Å²) in [6.45, 7) is 1.74. The smallest absolute Gasteiger partial charge is 0.153 e. The Morgan fingerprint density at radius 3 is 2.19 bits per heavy atom. The molecule has 0 radical (unpaired) electrons. The molecular formula is C11H15ClO3S. The largest absolute Gasteiger partial charge is 0.387 e. The predicted molar refractivity (Wildman–Crippen MR) is 65.3 cm³/mol. The van der Waals surface area contributed by atoms with Gasteiger partial charge < -0.3 is 5.11 Å². The van der Waals surface area contributed by atoms with Gasteiger partial charge in [0.05, 0.1) is 11.4 Å². The molecule has 0 fully saturated rings. The summed E-state index contributed by atoms with van der Waals surface area (Å²) in [6.07, 6.45) is 0.514. The molecule has 0 aliphatic heterocycles. The quantitative estimate of drug-likeness (QED) is 0.905. The van der Waals surface area contributed by atoms with Crippen molar-refractivity contribution in [1.82, 2.24) is 0 Å². The Labute approximate surface area is 101 Å². The van der Waals surface area contributed by atoms with Crippen LogP contribution in [0.15, 0.2) is 24.3 Å². The molecule has 3 nitrogen and oxygen atoms in total. The summed E-state index contributed by atoms with van der Waals surface area (Å²) in [7, 11) is -3.26. The summed E-state index contributed by atoms with van der Waals surface area (Å²) < 4.78 is 22.9. The lowest BCUT2D eigenvalue weighted by Gasteiger charge is -2.20. The van der Waals surface area contributed by atoms with Gasteiger partial charge in [-0.3, -0.25) is 0 Å². The molecule has 0 amide bonds. The Bertz CT molecular complexity index is 439. The molecule has 0 aromatic heterocycles. The van der Waals surface area contributed by atoms with Crippen LogP contribution >= 0.6 is 11.6 Å². The average molecular weight is 263 g/mol. The fraction of sp³-hybridized carbons (Fsp3) is 0.455. The van der Waals surface area contributed by atoms with Gasteiger partial charge in [-0.05, 0) is 24.1 Å². The molecule has 1 N–H and O–H groups in total. The molecule has 16 heavy (non-hydrogen) atoms. The SMILES string of the molecule is CCC(C(O)c1ccc(Cl)cc1)S(C)(=O)=O. The maximum absolute atomic E-state index is 11.5. The monoisotopic (exact) mass is 262 g/mol. The third-order valence-electron chi connectivity index (χ3n) is 2.52. The van der Waals surface area contributed by atoms with Gasteiger partial charge >= 0.3 is 0 Å². The number of hydrogen-bond acceptors (Lipinski definition) is 3. The molecule has 0 saturated carbocycles. The fourth-order valence-electron chi connectivity index (χ4n) is 1.63. The lowest BCUT2D eigenvalue weighted by atomic mass is 10.1. The summed E-state index contributed by atoms with van der Waals surface area (Å²) in [5.74, 6) is 0. The van der Waals surface area contributed by atoms with Gasteiger partial charge in [-0.2, -0.15) is 0 Å². The van der Waals surface area contributed by atoms with Crippen molar-refractivity contribution < 1.29 is 13.5 Å². The van der Waals surface area contributed by atoms with Crippen LogP contribution in [0.4, 0.5) is 0 Å². The van der Waals surface area contributed by atoms with Crippen LogP contribution in [0.3, 0.4) is 0 Å². The van der Waals surface area contributed by atoms with Gasteiger partial charge in [0.15, 0.2) is 9.84 Å². The van der Waals surface area contributed by atoms with Crippen LogP contribution in [-0.4, -0.2) is 25.0 Å². The third-order valence-corrected chi connectivity index (χ3v) is 4.46. The Morgan fingerprint density at radius 1 is 1.31 bits per heavy atom. The fourth-order valence-corrected chi connectivity index (χ4v) is 2.99. The van der Waals surface area contributed by atoms with E-state index < -0.39 is 21.2 Å². The zero-order valence-corrected chi connectivity index (χ0v) is 10.8. The lowest BCUT2D eigenvalue weighted by molar-refractivity contribution is 0.169. The van der Waals surface area contributed by atoms with Crippen LogP contribution in [0.5, 0.6) is 0 Å². The van der Waals surface area contributed by atoms with Gasteiger partial charge in [0.25, 0.3) is 0 Å². The van der Waals surface area contributed by atoms with E-state index in [-0.39, 0.29) is 0 Å². The Balaban J connectivity index is 3.00. The van der Waals surface area contributed by atoms with E-state index in [1.165, 1.54) is 0 Å². The van der Waals surface area contributed by atoms with Crippen LogP contribution in [0.1, 0.15) is 25.0 Å². The normalized spacial score (nSPS) is 15.8. The van der Waals surface area contributed by atoms with E-state index in [0.29, 0.717) is 17.0 Å². The number of benzene rings is 1. The molecule has 2 atom stereocenters. The van der Waals surface area contributed by atoms with Crippen LogP contribution in [0.2, 0.25) is 5.02 Å². The Kier molecular flexibility index (Phi) is 4.35. The molecular weight excluding hydrogens is 248 g/mol. The van der Waals surface area contributed by atoms with Gasteiger partial charge in [-0.15, -0.1) is 0 Å². The Hall–Kier alpha value is -0.580. The summed E-state index contributed by atoms with van der Waals surface area (Å²) in [5.41, 5.74) is 0.571. The van der Waals surface area contributed by atoms with Crippen LogP contribution < -0.4 is 0 Å². The predicted octanol–water partition coefficient (Wildman–Crippen LogP) is 2.20. The molecule has 0 bridgehead atoms. The van der Waals surface area contributed by atoms with E-state index in [1.54, 1.807) is 31.2 Å². The van der Waals surface area contributed by atoms with E-state index in [4.69, 9.17) is 11.6 Å². The maximum atomic E-state index is 11.5. The molecule has 0 aliphatic rings. The minimum absolute atomic E-state index is 0.378. The summed E-state index contributed by atoms with van der Waals surface area (Å²) >= 11 is 5.72. The average Bonchev–Trinajstić information content (AvgIpc) is 2.17. The first kappa shape index (κ1) is 13.5. The zero-order chi connectivity index (χ0) is 12.3. The van der Waals surface area contributed by atoms with Crippen molar-refractivity contribution in [2.75, 3.05) is 6.26 Å². The highest BCUT2D eigenvalue weighted by molar-refractivity contribution is 7.91. The van der Waals surface area contributed by atoms with Gasteiger partial charge in [0.2, 0.25) is 0 Å². The van der Waals surface area contributed by atoms with Crippen LogP contribution in [-0.2, 0) is 9.84 Å². The number of aliphatic hydroxyl groups is 1. The van der Waals surface area contributed by atoms with Crippen molar-refractivity contribution >= 4 is 21.4 Å². The molecule has 90 valence electrons. The molecule has 1 aromatic rings. The van der Waals surface area contributed by atoms with E-state index >= 15 is 0 Å². The molecule has 0 spiro atoms. The zero-order valence-electron chi connectivity index (χ0n) is 9.22. The van der Waals surface area contributed by atoms with Crippen LogP contribution in [0, 0.1) is 0 Å². The van der Waals surface area contributed by atoms with Gasteiger partial charge in [0.1, 0.15) is 0 Å². The van der Waals surface area contributed by atoms with Gasteiger partial charge in [-0.1, -0.05) is 30.7 Å². The van der Waals surface area contributed by atoms with Crippen molar-refractivity contribution in [2.24, 2.45) is 0 Å². The molecule has 2 unspecified atom stereocenters. The molecule has 0 saturated heterocycles. The van der Waals surface area contributed by atoms with Gasteiger partial charge in [0, 0.05) is 11.3 Å². The van der Waals surface area contributed by atoms with E-state index in [1.807, 2.05) is 0 Å². The summed E-state index contributed by atoms with van der Waals surface area (Å²) in [5, 5.41) is 9.77. The molecule has 5 heteroatoms. The van der Waals surface area contributed by atoms with Crippen LogP contribution in [0.25, 0.3) is 0 Å². The minimum Gasteiger partial charge on any atom is -0.387 e. The number of hydrogen-bond donors (Lipinski definition) is 1. The second-order valence-electron chi connectivity index (χ2n) is 3.77. The van der Waals surface area contributed by atoms with Crippen molar-refractivity contribution in [2.45, 2.75) is 24.7 Å². The Morgan fingerprint density at radius 2 is 1.81 bits per heavy atom. The summed E-state index contributed by atoms with van der Waals surface area (Å²) in [4.78, 5) is 0. The van der Waals surface area contributed by atoms with Gasteiger partial charge in [-0.25, -0.2) is 8.42 Å². The van der Waals surface area contributed by atoms with Crippen molar-refractivity contribution in [3.05, 3.63) is 34.9 Å². The first-order valence-electron chi connectivity index (χ1n) is 4.98. The first-order chi connectivity index (χ1) is 7.36. The number of halogens is 1. The van der Waals surface area contributed by atoms with E-state index in [2.05, 4.69) is 0 Å². The van der Waals surface area contributed by atoms with Crippen molar-refractivity contribution in [1.29, 1.82) is 0 Å². The highest BCUT2D eigenvalue weighted by Crippen LogP contribution is 2.25. The molecule has 1 rings (SSSR count). The van der Waals surface area contributed by atoms with Crippen molar-refractivity contribution in [3.8, 4) is 0 Å². The van der Waals surface area contributed by atoms with E-state index in [0.717, 1.165) is 6.26 Å². The standard InChI is InChI=1S/C11H15ClO3S/c1-3-10(16(2,14)15)11(13)8-4-6-9(12)7-5-8/h4-7,10-11,13H,3H2,1-2H3. The maximum Gasteiger partial charge on any atom is 0.153 e. The second-order valence-corrected chi connectivity index (χ2v) is 6.47. The minimum atomic E-state index is -3.26. The number of aliphatic hydroxyl groups excluding tert-OH is 1. The molecule has 1 aromatic carbocycles. The second kappa shape index (κ2) is 5.17. The highest BCUT2D eigenvalue weighted by Gasteiger charge is 2.28. The van der Waals surface area contributed by atoms with Crippen molar-refractivity contribution in [3.63, 3.8) is 0 Å². The number of sulfone groups is 1. The molecule has 0 heterocycles. The first-order valence-corrected chi connectivity index (χ1v) is 7.32. The summed E-state index contributed by atoms with van der Waals surface area (Å²) in [6, 6.07) is 6.55. The molecule has 0 aliphatic carbocycles. The highest BCUT2D eigenvalue weighted by atomic mass is 35.5. The lowest BCUT2D eigenvalue weighted by Crippen LogP contribution is -2.26.